The first-order chi connectivity index (χ1) is 61.8. The fourth-order valence-corrected chi connectivity index (χ4v) is 15.6. The number of halogens is 2. The third-order valence-corrected chi connectivity index (χ3v) is 23.3. The lowest BCUT2D eigenvalue weighted by atomic mass is 9.89. The Hall–Kier alpha value is -13.8. The lowest BCUT2D eigenvalue weighted by molar-refractivity contribution is -0.160. The van der Waals surface area contributed by atoms with E-state index in [0.717, 1.165) is 75.3 Å². The van der Waals surface area contributed by atoms with E-state index in [1.165, 1.54) is 42.1 Å². The number of esters is 4. The first-order valence-corrected chi connectivity index (χ1v) is 43.1. The zero-order valence-electron chi connectivity index (χ0n) is 75.6. The van der Waals surface area contributed by atoms with E-state index in [-0.39, 0.29) is 68.2 Å². The zero-order chi connectivity index (χ0) is 94.9. The van der Waals surface area contributed by atoms with Crippen molar-refractivity contribution in [1.29, 1.82) is 0 Å². The number of pyridine rings is 2. The quantitative estimate of drug-likeness (QED) is 0.0245. The van der Waals surface area contributed by atoms with Crippen LogP contribution in [0.25, 0.3) is 22.4 Å². The van der Waals surface area contributed by atoms with Gasteiger partial charge in [0.1, 0.15) is 34.3 Å². The van der Waals surface area contributed by atoms with Gasteiger partial charge in [0.25, 0.3) is 35.4 Å². The monoisotopic (exact) mass is 1860 g/mol. The highest BCUT2D eigenvalue weighted by molar-refractivity contribution is 9.10. The number of imide groups is 3. The van der Waals surface area contributed by atoms with Crippen molar-refractivity contribution in [3.05, 3.63) is 194 Å². The van der Waals surface area contributed by atoms with Crippen molar-refractivity contribution >= 4 is 110 Å². The molecule has 0 aliphatic carbocycles. The number of carbonyl (C=O) groups excluding carboxylic acids is 13. The molecule has 0 spiro atoms. The van der Waals surface area contributed by atoms with Crippen LogP contribution in [-0.4, -0.2) is 221 Å². The summed E-state index contributed by atoms with van der Waals surface area (Å²) < 4.78 is 59.2. The number of piperazine rings is 1. The van der Waals surface area contributed by atoms with Crippen LogP contribution >= 0.6 is 15.9 Å². The van der Waals surface area contributed by atoms with E-state index >= 15 is 4.39 Å². The molecule has 36 heteroatoms. The van der Waals surface area contributed by atoms with Crippen LogP contribution in [0.2, 0.25) is 0 Å². The number of ether oxygens (including phenoxy) is 7. The highest BCUT2D eigenvalue weighted by Gasteiger charge is 2.59. The molecular weight excluding hydrogens is 1760 g/mol. The van der Waals surface area contributed by atoms with E-state index in [4.69, 9.17) is 42.6 Å². The SMILES string of the molecule is CCCN1CCN(c2ccc3oc([C@]4(CN5Cc6ccc(OC)c(F)c6C5=O)NC(=O)N(COC(=O)C(C)(C)C)C4=O)cc3n2)CC1.COc1ccc2c(c1)C(=O)N(CC1(c3ccc(Br)cc3)NC(=O)N(COC(=O)C(C)(C)C)C1=O)C2.COc1ccc2c(c1)C(=O)N(C[C@@]1(C#Cc3ccc(-c4ncccc4OC(=O)C(C)(C)C)cc3)NC(=O)N(COC(=O)C(C)(C)C)C1=O)C2. The molecule has 1 unspecified atom stereocenters. The number of hydrogen-bond donors (Lipinski definition) is 3. The van der Waals surface area contributed by atoms with Gasteiger partial charge in [-0.1, -0.05) is 77.2 Å². The van der Waals surface area contributed by atoms with Crippen molar-refractivity contribution in [3.8, 4) is 46.1 Å². The topological polar surface area (TPSA) is 387 Å². The van der Waals surface area contributed by atoms with Crippen LogP contribution in [0.15, 0.2) is 142 Å². The molecule has 15 rings (SSSR count). The maximum Gasteiger partial charge on any atom is 0.328 e. The Labute approximate surface area is 764 Å². The van der Waals surface area contributed by atoms with Gasteiger partial charge in [-0.05, 0) is 197 Å². The number of aromatic nitrogens is 2. The van der Waals surface area contributed by atoms with Gasteiger partial charge in [-0.3, -0.25) is 57.8 Å². The molecule has 7 aliphatic rings. The predicted octanol–water partition coefficient (Wildman–Crippen LogP) is 11.4. The molecule has 0 radical (unpaired) electrons. The number of furan rings is 1. The fraction of sp³-hybridized carbons (Fsp3) is 0.400. The number of fused-ring (bicyclic) bond motifs is 4. The molecule has 131 heavy (non-hydrogen) atoms. The summed E-state index contributed by atoms with van der Waals surface area (Å²) in [4.78, 5) is 192. The number of carbonyl (C=O) groups is 13. The van der Waals surface area contributed by atoms with Gasteiger partial charge < -0.3 is 73.1 Å². The normalized spacial score (nSPS) is 19.0. The maximum absolute atomic E-state index is 15.2. The molecule has 12 amide bonds. The van der Waals surface area contributed by atoms with Gasteiger partial charge in [-0.15, -0.1) is 0 Å². The molecule has 4 fully saturated rings. The van der Waals surface area contributed by atoms with Gasteiger partial charge in [0.05, 0.1) is 68.2 Å². The lowest BCUT2D eigenvalue weighted by Gasteiger charge is -2.35. The first-order valence-electron chi connectivity index (χ1n) is 42.3. The second-order valence-electron chi connectivity index (χ2n) is 36.6. The minimum Gasteiger partial charge on any atom is -0.497 e. The van der Waals surface area contributed by atoms with Crippen molar-refractivity contribution in [3.63, 3.8) is 0 Å². The number of nitrogens with one attached hydrogen (secondary N) is 3. The van der Waals surface area contributed by atoms with Crippen molar-refractivity contribution < 1.29 is 104 Å². The van der Waals surface area contributed by atoms with Crippen molar-refractivity contribution in [2.45, 2.75) is 133 Å². The number of benzene rings is 5. The average Bonchev–Trinajstić information content (AvgIpc) is 1.57. The van der Waals surface area contributed by atoms with Crippen molar-refractivity contribution in [1.82, 2.24) is 60.2 Å². The Kier molecular flexibility index (Phi) is 27.0. The van der Waals surface area contributed by atoms with E-state index in [2.05, 4.69) is 65.4 Å². The number of hydrogen-bond acceptors (Lipinski definition) is 25. The molecule has 10 heterocycles. The molecule has 5 aromatic carbocycles. The Bertz CT molecular complexity index is 5980. The van der Waals surface area contributed by atoms with Gasteiger partial charge in [-0.25, -0.2) is 38.5 Å². The molecule has 4 saturated heterocycles. The molecule has 3 atom stereocenters. The predicted molar refractivity (Wildman–Crippen MR) is 475 cm³/mol. The number of methoxy groups -OCH3 is 3. The standard InChI is InChI=1S/C37H38N4O8.C33H39FN6O7.C25H26BrN3O6/c1-35(2,3)32(44)48-22-41-31(43)37(39-34(41)46,21-40-20-25-14-15-26(47-7)19-27(25)30(40)42)17-16-23-10-12-24(13-11-23)29-28(9-8-18-38-29)49-33(45)36(4,5)6;1-6-11-37-12-14-38(15-13-37)25-10-9-22-21(35-25)16-24(47-22)33(29(42)40(31(44)36-33)19-46-30(43)32(2,3)4)18-39-17-20-7-8-23(45-5)27(34)26(20)28(39)41;1-24(2,3)22(32)35-14-29-21(31)25(27-23(29)33,16-6-8-17(26)9-7-16)13-28-12-15-5-10-18(34-4)11-19(15)20(28)30/h8-15,18-19H,20-22H2,1-7H3,(H,39,46);7-10,16H,6,11-15,17-19H2,1-5H3,(H,36,44);5-11H,12-14H2,1-4H3,(H,27,33)/t37-;33-;/m10./s1. The second kappa shape index (κ2) is 37.3. The van der Waals surface area contributed by atoms with Crippen molar-refractivity contribution in [2.75, 3.05) is 98.8 Å². The van der Waals surface area contributed by atoms with E-state index in [0.29, 0.717) is 67.4 Å². The van der Waals surface area contributed by atoms with Gasteiger partial charge in [0, 0.05) is 84.8 Å². The van der Waals surface area contributed by atoms with Crippen LogP contribution < -0.4 is 39.8 Å². The lowest BCUT2D eigenvalue weighted by Crippen LogP contribution is -2.54. The number of amides is 12. The van der Waals surface area contributed by atoms with E-state index < -0.39 is 130 Å². The Morgan fingerprint density at radius 2 is 1.02 bits per heavy atom. The molecule has 0 bridgehead atoms. The Morgan fingerprint density at radius 1 is 0.527 bits per heavy atom. The Morgan fingerprint density at radius 3 is 1.56 bits per heavy atom. The van der Waals surface area contributed by atoms with Crippen LogP contribution in [0, 0.1) is 39.3 Å². The zero-order valence-corrected chi connectivity index (χ0v) is 77.2. The molecule has 34 nitrogen and oxygen atoms in total. The summed E-state index contributed by atoms with van der Waals surface area (Å²) in [6.07, 6.45) is 2.68. The first kappa shape index (κ1) is 94.8. The molecule has 3 aromatic heterocycles. The Balaban J connectivity index is 0.000000170. The minimum absolute atomic E-state index is 0.0222. The summed E-state index contributed by atoms with van der Waals surface area (Å²) in [6, 6.07) is 33.4. The summed E-state index contributed by atoms with van der Waals surface area (Å²) >= 11 is 3.38. The molecule has 3 N–H and O–H groups in total. The third kappa shape index (κ3) is 19.7. The highest BCUT2D eigenvalue weighted by Crippen LogP contribution is 2.42. The summed E-state index contributed by atoms with van der Waals surface area (Å²) in [6.45, 7) is 24.8. The third-order valence-electron chi connectivity index (χ3n) is 22.8. The van der Waals surface area contributed by atoms with Crippen molar-refractivity contribution in [2.24, 2.45) is 21.7 Å². The molecule has 0 saturated carbocycles. The van der Waals surface area contributed by atoms with Crippen LogP contribution in [-0.2, 0) is 78.5 Å². The number of nitrogens with zero attached hydrogens (tertiary/aromatic N) is 10. The van der Waals surface area contributed by atoms with Crippen LogP contribution in [0.5, 0.6) is 23.0 Å². The number of urea groups is 3. The average molecular weight is 1860 g/mol. The fourth-order valence-electron chi connectivity index (χ4n) is 15.3. The van der Waals surface area contributed by atoms with E-state index in [1.807, 2.05) is 12.1 Å². The van der Waals surface area contributed by atoms with Gasteiger partial charge >= 0.3 is 42.0 Å². The molecule has 7 aliphatic heterocycles. The molecule has 688 valence electrons. The van der Waals surface area contributed by atoms with Gasteiger partial charge in [-0.2, -0.15) is 0 Å². The molecule has 8 aromatic rings. The van der Waals surface area contributed by atoms with Crippen LogP contribution in [0.3, 0.4) is 0 Å². The second-order valence-corrected chi connectivity index (χ2v) is 37.5. The van der Waals surface area contributed by atoms with Gasteiger partial charge in [0.2, 0.25) is 5.54 Å². The van der Waals surface area contributed by atoms with E-state index in [9.17, 15) is 62.3 Å². The summed E-state index contributed by atoms with van der Waals surface area (Å²) in [5.41, 5.74) is -2.92. The summed E-state index contributed by atoms with van der Waals surface area (Å²) in [5, 5.41) is 8.15. The molecular formula is C95H103BrFN13O21. The largest absolute Gasteiger partial charge is 0.497 e. The minimum atomic E-state index is -1.92. The summed E-state index contributed by atoms with van der Waals surface area (Å²) in [7, 11) is 4.33. The number of rotatable bonds is 22. The summed E-state index contributed by atoms with van der Waals surface area (Å²) in [5.74, 6) is 1.57. The maximum atomic E-state index is 15.2. The van der Waals surface area contributed by atoms with Crippen LogP contribution in [0.1, 0.15) is 161 Å². The van der Waals surface area contributed by atoms with E-state index in [1.54, 1.807) is 198 Å². The highest BCUT2D eigenvalue weighted by atomic mass is 79.9. The van der Waals surface area contributed by atoms with Gasteiger partial charge in [0.15, 0.2) is 54.2 Å². The number of anilines is 1. The smallest absolute Gasteiger partial charge is 0.328 e. The van der Waals surface area contributed by atoms with Crippen LogP contribution in [0.4, 0.5) is 24.6 Å².